The molecule has 0 unspecified atom stereocenters. The van der Waals surface area contributed by atoms with Gasteiger partial charge >= 0.3 is 0 Å². The van der Waals surface area contributed by atoms with E-state index >= 15 is 0 Å². The number of hydrogen-bond donors (Lipinski definition) is 0. The van der Waals surface area contributed by atoms with Crippen LogP contribution in [0.4, 0.5) is 0 Å². The highest BCUT2D eigenvalue weighted by molar-refractivity contribution is 9.10. The summed E-state index contributed by atoms with van der Waals surface area (Å²) in [5.41, 5.74) is 1.10. The molecule has 1 amide bonds. The predicted octanol–water partition coefficient (Wildman–Crippen LogP) is 3.81. The van der Waals surface area contributed by atoms with Crippen LogP contribution in [-0.4, -0.2) is 48.9 Å². The number of sulfonamides is 1. The van der Waals surface area contributed by atoms with Crippen LogP contribution in [0.15, 0.2) is 28.7 Å². The number of carbonyl (C=O) groups excluding carboxylic acids is 1. The molecule has 1 aliphatic heterocycles. The van der Waals surface area contributed by atoms with Crippen molar-refractivity contribution in [3.8, 4) is 0 Å². The molecule has 0 aromatic heterocycles. The average molecular weight is 445 g/mol. The Morgan fingerprint density at radius 2 is 1.88 bits per heavy atom. The fourth-order valence-corrected chi connectivity index (χ4v) is 5.26. The van der Waals surface area contributed by atoms with Crippen LogP contribution < -0.4 is 0 Å². The van der Waals surface area contributed by atoms with Gasteiger partial charge in [-0.05, 0) is 44.7 Å². The fraction of sp³-hybridized carbons (Fsp3) is 0.632. The van der Waals surface area contributed by atoms with E-state index in [0.29, 0.717) is 32.5 Å². The van der Waals surface area contributed by atoms with Crippen molar-refractivity contribution in [2.45, 2.75) is 46.1 Å². The lowest BCUT2D eigenvalue weighted by Gasteiger charge is -2.36. The first-order chi connectivity index (χ1) is 12.3. The van der Waals surface area contributed by atoms with Gasteiger partial charge in [-0.3, -0.25) is 4.79 Å². The van der Waals surface area contributed by atoms with Crippen molar-refractivity contribution in [2.75, 3.05) is 25.4 Å². The summed E-state index contributed by atoms with van der Waals surface area (Å²) < 4.78 is 26.6. The first-order valence-electron chi connectivity index (χ1n) is 9.34. The standard InChI is InChI=1S/C19H29BrN2O3S/c1-4-12-22(15(3)17-8-6-7-9-18(17)20)19(23)16-10-13-21(14-11-16)26(24,25)5-2/h6-9,15-16H,4-5,10-14H2,1-3H3/t15-/m1/s1. The predicted molar refractivity (Wildman–Crippen MR) is 108 cm³/mol. The molecule has 7 heteroatoms. The number of piperidine rings is 1. The summed E-state index contributed by atoms with van der Waals surface area (Å²) in [7, 11) is -3.16. The van der Waals surface area contributed by atoms with Gasteiger partial charge in [-0.15, -0.1) is 0 Å². The molecule has 0 N–H and O–H groups in total. The first-order valence-corrected chi connectivity index (χ1v) is 11.7. The molecule has 1 aromatic carbocycles. The van der Waals surface area contributed by atoms with Crippen molar-refractivity contribution in [1.29, 1.82) is 0 Å². The number of amides is 1. The summed E-state index contributed by atoms with van der Waals surface area (Å²) in [6.45, 7) is 7.38. The zero-order chi connectivity index (χ0) is 19.3. The van der Waals surface area contributed by atoms with Gasteiger partial charge in [-0.1, -0.05) is 41.1 Å². The third-order valence-corrected chi connectivity index (χ3v) is 7.74. The van der Waals surface area contributed by atoms with E-state index < -0.39 is 10.0 Å². The van der Waals surface area contributed by atoms with Crippen LogP contribution in [0.3, 0.4) is 0 Å². The van der Waals surface area contributed by atoms with E-state index in [1.807, 2.05) is 29.2 Å². The van der Waals surface area contributed by atoms with Crippen LogP contribution in [0.2, 0.25) is 0 Å². The van der Waals surface area contributed by atoms with Crippen molar-refractivity contribution in [3.63, 3.8) is 0 Å². The highest BCUT2D eigenvalue weighted by Gasteiger charge is 2.34. The second-order valence-corrected chi connectivity index (χ2v) is 9.91. The molecular formula is C19H29BrN2O3S. The molecule has 0 aliphatic carbocycles. The third-order valence-electron chi connectivity index (χ3n) is 5.13. The molecule has 5 nitrogen and oxygen atoms in total. The Morgan fingerprint density at radius 1 is 1.27 bits per heavy atom. The van der Waals surface area contributed by atoms with Crippen molar-refractivity contribution in [3.05, 3.63) is 34.3 Å². The lowest BCUT2D eigenvalue weighted by molar-refractivity contribution is -0.139. The summed E-state index contributed by atoms with van der Waals surface area (Å²) in [5.74, 6) is 0.158. The molecule has 2 rings (SSSR count). The highest BCUT2D eigenvalue weighted by Crippen LogP contribution is 2.31. The number of halogens is 1. The lowest BCUT2D eigenvalue weighted by Crippen LogP contribution is -2.45. The minimum atomic E-state index is -3.16. The highest BCUT2D eigenvalue weighted by atomic mass is 79.9. The van der Waals surface area contributed by atoms with E-state index in [0.717, 1.165) is 16.5 Å². The number of rotatable bonds is 7. The van der Waals surface area contributed by atoms with E-state index in [-0.39, 0.29) is 23.6 Å². The fourth-order valence-electron chi connectivity index (χ4n) is 3.52. The molecule has 0 spiro atoms. The van der Waals surface area contributed by atoms with Gasteiger partial charge in [0.15, 0.2) is 0 Å². The van der Waals surface area contributed by atoms with Crippen molar-refractivity contribution in [2.24, 2.45) is 5.92 Å². The van der Waals surface area contributed by atoms with Crippen LogP contribution in [0.5, 0.6) is 0 Å². The number of benzene rings is 1. The van der Waals surface area contributed by atoms with Crippen LogP contribution in [-0.2, 0) is 14.8 Å². The molecule has 0 saturated carbocycles. The van der Waals surface area contributed by atoms with E-state index in [1.165, 1.54) is 4.31 Å². The van der Waals surface area contributed by atoms with Gasteiger partial charge in [0.25, 0.3) is 0 Å². The molecule has 1 heterocycles. The Hall–Kier alpha value is -0.920. The Balaban J connectivity index is 2.11. The molecule has 1 aromatic rings. The Bertz CT molecular complexity index is 715. The summed E-state index contributed by atoms with van der Waals surface area (Å²) in [4.78, 5) is 15.1. The van der Waals surface area contributed by atoms with E-state index in [9.17, 15) is 13.2 Å². The van der Waals surface area contributed by atoms with Gasteiger partial charge < -0.3 is 4.90 Å². The maximum Gasteiger partial charge on any atom is 0.226 e. The summed E-state index contributed by atoms with van der Waals surface area (Å²) in [6, 6.07) is 7.97. The largest absolute Gasteiger partial charge is 0.336 e. The molecule has 1 fully saturated rings. The molecule has 146 valence electrons. The van der Waals surface area contributed by atoms with Crippen LogP contribution in [0, 0.1) is 5.92 Å². The lowest BCUT2D eigenvalue weighted by atomic mass is 9.95. The van der Waals surface area contributed by atoms with Crippen molar-refractivity contribution < 1.29 is 13.2 Å². The maximum atomic E-state index is 13.2. The quantitative estimate of drug-likeness (QED) is 0.642. The smallest absolute Gasteiger partial charge is 0.226 e. The van der Waals surface area contributed by atoms with Gasteiger partial charge in [-0.25, -0.2) is 12.7 Å². The summed E-state index contributed by atoms with van der Waals surface area (Å²) in [6.07, 6.45) is 2.09. The second-order valence-electron chi connectivity index (χ2n) is 6.80. The molecule has 1 atom stereocenters. The van der Waals surface area contributed by atoms with E-state index in [4.69, 9.17) is 0 Å². The van der Waals surface area contributed by atoms with Gasteiger partial charge in [0.1, 0.15) is 0 Å². The minimum absolute atomic E-state index is 0.0181. The Labute approximate surface area is 165 Å². The Kier molecular flexibility index (Phi) is 7.67. The monoisotopic (exact) mass is 444 g/mol. The topological polar surface area (TPSA) is 57.7 Å². The second kappa shape index (κ2) is 9.33. The van der Waals surface area contributed by atoms with Crippen molar-refractivity contribution in [1.82, 2.24) is 9.21 Å². The normalized spacial score (nSPS) is 17.8. The molecule has 0 bridgehead atoms. The van der Waals surface area contributed by atoms with Gasteiger partial charge in [0, 0.05) is 30.0 Å². The van der Waals surface area contributed by atoms with E-state index in [1.54, 1.807) is 6.92 Å². The molecule has 1 saturated heterocycles. The maximum absolute atomic E-state index is 13.2. The first kappa shape index (κ1) is 21.4. The number of nitrogens with zero attached hydrogens (tertiary/aromatic N) is 2. The molecule has 1 aliphatic rings. The van der Waals surface area contributed by atoms with Crippen LogP contribution >= 0.6 is 15.9 Å². The zero-order valence-electron chi connectivity index (χ0n) is 15.8. The summed E-state index contributed by atoms with van der Waals surface area (Å²) >= 11 is 3.59. The van der Waals surface area contributed by atoms with Crippen LogP contribution in [0.1, 0.15) is 51.6 Å². The summed E-state index contributed by atoms with van der Waals surface area (Å²) in [5, 5.41) is 0. The van der Waals surface area contributed by atoms with E-state index in [2.05, 4.69) is 29.8 Å². The third kappa shape index (κ3) is 4.87. The van der Waals surface area contributed by atoms with Crippen molar-refractivity contribution >= 4 is 31.9 Å². The number of hydrogen-bond acceptors (Lipinski definition) is 3. The van der Waals surface area contributed by atoms with Gasteiger partial charge in [-0.2, -0.15) is 0 Å². The zero-order valence-corrected chi connectivity index (χ0v) is 18.2. The molecule has 26 heavy (non-hydrogen) atoms. The minimum Gasteiger partial charge on any atom is -0.336 e. The number of carbonyl (C=O) groups is 1. The molecular weight excluding hydrogens is 416 g/mol. The SMILES string of the molecule is CCCN(C(=O)C1CCN(S(=O)(=O)CC)CC1)[C@H](C)c1ccccc1Br. The van der Waals surface area contributed by atoms with Gasteiger partial charge in [0.05, 0.1) is 11.8 Å². The van der Waals surface area contributed by atoms with Gasteiger partial charge in [0.2, 0.25) is 15.9 Å². The average Bonchev–Trinajstić information content (AvgIpc) is 2.65. The Morgan fingerprint density at radius 3 is 2.42 bits per heavy atom. The van der Waals surface area contributed by atoms with Crippen LogP contribution in [0.25, 0.3) is 0 Å². The molecule has 0 radical (unpaired) electrons.